The highest BCUT2D eigenvalue weighted by atomic mass is 35.5. The number of benzene rings is 2. The third-order valence-electron chi connectivity index (χ3n) is 4.03. The lowest BCUT2D eigenvalue weighted by molar-refractivity contribution is 0.0989. The molecule has 3 rings (SSSR count). The number of carbonyl (C=O) groups excluding carboxylic acids is 1. The van der Waals surface area contributed by atoms with Crippen LogP contribution < -0.4 is 10.6 Å². The van der Waals surface area contributed by atoms with Gasteiger partial charge in [-0.15, -0.1) is 0 Å². The number of carbonyl (C=O) groups is 1. The molecule has 1 aliphatic rings. The number of nitrogens with two attached hydrogens (primary N) is 1. The maximum atomic E-state index is 12.8. The van der Waals surface area contributed by atoms with Crippen LogP contribution in [0, 0.1) is 13.8 Å². The van der Waals surface area contributed by atoms with Gasteiger partial charge in [-0.25, -0.2) is 0 Å². The van der Waals surface area contributed by atoms with E-state index in [-0.39, 0.29) is 5.91 Å². The first-order valence-corrected chi connectivity index (χ1v) is 7.33. The Kier molecular flexibility index (Phi) is 3.38. The second-order valence-electron chi connectivity index (χ2n) is 5.48. The minimum atomic E-state index is -0.0642. The molecule has 21 heavy (non-hydrogen) atoms. The number of amides is 1. The van der Waals surface area contributed by atoms with Crippen LogP contribution >= 0.6 is 11.6 Å². The van der Waals surface area contributed by atoms with E-state index in [0.717, 1.165) is 23.2 Å². The van der Waals surface area contributed by atoms with Gasteiger partial charge < -0.3 is 10.6 Å². The summed E-state index contributed by atoms with van der Waals surface area (Å²) < 4.78 is 0. The summed E-state index contributed by atoms with van der Waals surface area (Å²) in [5.74, 6) is -0.0642. The molecule has 0 bridgehead atoms. The Balaban J connectivity index is 2.03. The molecule has 1 heterocycles. The van der Waals surface area contributed by atoms with Gasteiger partial charge in [-0.3, -0.25) is 4.79 Å². The number of hydrogen-bond donors (Lipinski definition) is 1. The zero-order valence-corrected chi connectivity index (χ0v) is 12.9. The van der Waals surface area contributed by atoms with E-state index in [9.17, 15) is 4.79 Å². The first kappa shape index (κ1) is 14.0. The van der Waals surface area contributed by atoms with E-state index in [0.29, 0.717) is 22.8 Å². The predicted octanol–water partition coefficient (Wildman–Crippen LogP) is 3.74. The van der Waals surface area contributed by atoms with Crippen molar-refractivity contribution in [1.29, 1.82) is 0 Å². The van der Waals surface area contributed by atoms with Gasteiger partial charge >= 0.3 is 0 Å². The number of halogens is 1. The number of rotatable bonds is 1. The summed E-state index contributed by atoms with van der Waals surface area (Å²) in [5.41, 5.74) is 11.3. The maximum absolute atomic E-state index is 12.8. The number of fused-ring (bicyclic) bond motifs is 1. The van der Waals surface area contributed by atoms with Gasteiger partial charge in [0.05, 0.1) is 10.6 Å². The summed E-state index contributed by atoms with van der Waals surface area (Å²) in [6.45, 7) is 4.55. The van der Waals surface area contributed by atoms with Crippen molar-refractivity contribution >= 4 is 28.9 Å². The van der Waals surface area contributed by atoms with Gasteiger partial charge in [0.2, 0.25) is 0 Å². The van der Waals surface area contributed by atoms with Crippen molar-refractivity contribution in [3.63, 3.8) is 0 Å². The van der Waals surface area contributed by atoms with Crippen LogP contribution in [0.15, 0.2) is 30.3 Å². The fourth-order valence-electron chi connectivity index (χ4n) is 2.75. The first-order valence-electron chi connectivity index (χ1n) is 6.95. The normalized spacial score (nSPS) is 13.4. The summed E-state index contributed by atoms with van der Waals surface area (Å²) >= 11 is 6.28. The van der Waals surface area contributed by atoms with E-state index in [2.05, 4.69) is 6.07 Å². The average molecular weight is 301 g/mol. The van der Waals surface area contributed by atoms with E-state index in [1.165, 1.54) is 5.56 Å². The highest BCUT2D eigenvalue weighted by Gasteiger charge is 2.27. The van der Waals surface area contributed by atoms with E-state index in [4.69, 9.17) is 17.3 Å². The van der Waals surface area contributed by atoms with Crippen molar-refractivity contribution in [3.05, 3.63) is 57.6 Å². The van der Waals surface area contributed by atoms with Gasteiger partial charge in [0, 0.05) is 17.9 Å². The number of nitrogens with zero attached hydrogens (tertiary/aromatic N) is 1. The number of aryl methyl sites for hydroxylation is 2. The van der Waals surface area contributed by atoms with Crippen LogP contribution in [0.1, 0.15) is 27.0 Å². The van der Waals surface area contributed by atoms with E-state index < -0.39 is 0 Å². The maximum Gasteiger partial charge on any atom is 0.259 e. The Labute approximate surface area is 129 Å². The lowest BCUT2D eigenvalue weighted by Gasteiger charge is -2.19. The van der Waals surface area contributed by atoms with Crippen molar-refractivity contribution in [2.24, 2.45) is 0 Å². The van der Waals surface area contributed by atoms with Crippen molar-refractivity contribution in [2.75, 3.05) is 17.2 Å². The van der Waals surface area contributed by atoms with Gasteiger partial charge in [0.25, 0.3) is 5.91 Å². The Morgan fingerprint density at radius 2 is 2.00 bits per heavy atom. The minimum absolute atomic E-state index is 0.0642. The van der Waals surface area contributed by atoms with Crippen LogP contribution in [0.2, 0.25) is 5.02 Å². The number of hydrogen-bond acceptors (Lipinski definition) is 2. The molecule has 4 heteroatoms. The van der Waals surface area contributed by atoms with Crippen LogP contribution in [0.25, 0.3) is 0 Å². The molecule has 2 aromatic carbocycles. The molecule has 0 radical (unpaired) electrons. The second-order valence-corrected chi connectivity index (χ2v) is 5.86. The molecule has 108 valence electrons. The zero-order chi connectivity index (χ0) is 15.1. The number of nitrogen functional groups attached to an aromatic ring is 1. The topological polar surface area (TPSA) is 46.3 Å². The van der Waals surface area contributed by atoms with Crippen LogP contribution in [-0.2, 0) is 6.42 Å². The molecule has 0 unspecified atom stereocenters. The zero-order valence-electron chi connectivity index (χ0n) is 12.1. The molecule has 0 aliphatic carbocycles. The molecule has 2 aromatic rings. The van der Waals surface area contributed by atoms with E-state index >= 15 is 0 Å². The van der Waals surface area contributed by atoms with Crippen LogP contribution in [0.3, 0.4) is 0 Å². The molecule has 0 saturated heterocycles. The van der Waals surface area contributed by atoms with Crippen molar-refractivity contribution in [3.8, 4) is 0 Å². The fraction of sp³-hybridized carbons (Fsp3) is 0.235. The molecule has 1 aliphatic heterocycles. The summed E-state index contributed by atoms with van der Waals surface area (Å²) in [5, 5.41) is 0.524. The lowest BCUT2D eigenvalue weighted by atomic mass is 10.1. The second kappa shape index (κ2) is 5.08. The van der Waals surface area contributed by atoms with Crippen LogP contribution in [0.4, 0.5) is 11.4 Å². The smallest absolute Gasteiger partial charge is 0.259 e. The summed E-state index contributed by atoms with van der Waals surface area (Å²) in [6, 6.07) is 9.48. The first-order chi connectivity index (χ1) is 9.99. The molecule has 0 atom stereocenters. The van der Waals surface area contributed by atoms with Gasteiger partial charge in [-0.2, -0.15) is 0 Å². The highest BCUT2D eigenvalue weighted by molar-refractivity contribution is 6.35. The third-order valence-corrected chi connectivity index (χ3v) is 4.53. The standard InChI is InChI=1S/C17H17ClN2O/c1-10-4-3-5-13(16(10)18)17(21)20-7-6-12-8-11(2)14(19)9-15(12)20/h3-5,8-9H,6-7,19H2,1-2H3. The highest BCUT2D eigenvalue weighted by Crippen LogP contribution is 2.34. The summed E-state index contributed by atoms with van der Waals surface area (Å²) in [7, 11) is 0. The van der Waals surface area contributed by atoms with Gasteiger partial charge in [0.15, 0.2) is 0 Å². The largest absolute Gasteiger partial charge is 0.398 e. The van der Waals surface area contributed by atoms with Crippen LogP contribution in [-0.4, -0.2) is 12.5 Å². The molecule has 0 aromatic heterocycles. The van der Waals surface area contributed by atoms with Crippen LogP contribution in [0.5, 0.6) is 0 Å². The summed E-state index contributed by atoms with van der Waals surface area (Å²) in [6.07, 6.45) is 0.853. The Morgan fingerprint density at radius 1 is 1.24 bits per heavy atom. The molecule has 0 saturated carbocycles. The Bertz CT molecular complexity index is 740. The Hall–Kier alpha value is -2.00. The SMILES string of the molecule is Cc1cc2c(cc1N)N(C(=O)c1cccc(C)c1Cl)CC2. The molecule has 0 fully saturated rings. The predicted molar refractivity (Wildman–Crippen MR) is 87.2 cm³/mol. The molecule has 2 N–H and O–H groups in total. The van der Waals surface area contributed by atoms with Crippen molar-refractivity contribution < 1.29 is 4.79 Å². The molecule has 0 spiro atoms. The van der Waals surface area contributed by atoms with Gasteiger partial charge in [-0.05, 0) is 49.1 Å². The minimum Gasteiger partial charge on any atom is -0.398 e. The monoisotopic (exact) mass is 300 g/mol. The average Bonchev–Trinajstić information content (AvgIpc) is 2.84. The molecule has 3 nitrogen and oxygen atoms in total. The lowest BCUT2D eigenvalue weighted by Crippen LogP contribution is -2.29. The summed E-state index contributed by atoms with van der Waals surface area (Å²) in [4.78, 5) is 14.5. The third kappa shape index (κ3) is 2.28. The molecular formula is C17H17ClN2O. The fourth-order valence-corrected chi connectivity index (χ4v) is 2.95. The van der Waals surface area contributed by atoms with Crippen molar-refractivity contribution in [1.82, 2.24) is 0 Å². The molecular weight excluding hydrogens is 284 g/mol. The van der Waals surface area contributed by atoms with E-state index in [1.54, 1.807) is 11.0 Å². The van der Waals surface area contributed by atoms with Crippen molar-refractivity contribution in [2.45, 2.75) is 20.3 Å². The quantitative estimate of drug-likeness (QED) is 0.816. The van der Waals surface area contributed by atoms with E-state index in [1.807, 2.05) is 32.0 Å². The Morgan fingerprint density at radius 3 is 2.76 bits per heavy atom. The number of anilines is 2. The van der Waals surface area contributed by atoms with Gasteiger partial charge in [0.1, 0.15) is 0 Å². The van der Waals surface area contributed by atoms with Gasteiger partial charge in [-0.1, -0.05) is 29.8 Å². The molecule has 1 amide bonds.